The van der Waals surface area contributed by atoms with E-state index < -0.39 is 20.2 Å². The Labute approximate surface area is 302 Å². The smallest absolute Gasteiger partial charge is 0.261 e. The van der Waals surface area contributed by atoms with Gasteiger partial charge in [0.05, 0.1) is 31.2 Å². The Balaban J connectivity index is 1.27. The summed E-state index contributed by atoms with van der Waals surface area (Å²) in [5.41, 5.74) is 5.43. The lowest BCUT2D eigenvalue weighted by atomic mass is 9.69. The lowest BCUT2D eigenvalue weighted by molar-refractivity contribution is -0.138. The van der Waals surface area contributed by atoms with E-state index in [4.69, 9.17) is 9.16 Å². The molecule has 1 N–H and O–H groups in total. The summed E-state index contributed by atoms with van der Waals surface area (Å²) in [5, 5.41) is 12.4. The van der Waals surface area contributed by atoms with Crippen molar-refractivity contribution >= 4 is 42.2 Å². The summed E-state index contributed by atoms with van der Waals surface area (Å²) in [4.78, 5) is 28.4. The van der Waals surface area contributed by atoms with Crippen LogP contribution in [0.5, 0.6) is 5.75 Å². The van der Waals surface area contributed by atoms with E-state index in [1.807, 2.05) is 42.5 Å². The zero-order valence-electron chi connectivity index (χ0n) is 29.9. The SMILES string of the molecule is CN1C(=O)[C@@H]2[C@@H](CC(CO[Si](c3ccccc3)(c3ccccc3)C(C)(C)C)=C3[C@@H](CC/C(=C/c4cccc(O)c4)c4ccccc4)OC[C@@H]32)C1=O. The van der Waals surface area contributed by atoms with Crippen molar-refractivity contribution in [3.05, 3.63) is 138 Å². The van der Waals surface area contributed by atoms with Crippen LogP contribution >= 0.6 is 0 Å². The highest BCUT2D eigenvalue weighted by atomic mass is 28.4. The van der Waals surface area contributed by atoms with E-state index in [0.717, 1.165) is 34.3 Å². The molecule has 51 heavy (non-hydrogen) atoms. The van der Waals surface area contributed by atoms with Crippen LogP contribution in [-0.2, 0) is 18.8 Å². The van der Waals surface area contributed by atoms with Crippen LogP contribution in [0.2, 0.25) is 5.04 Å². The molecule has 7 rings (SSSR count). The Kier molecular flexibility index (Phi) is 9.72. The van der Waals surface area contributed by atoms with Crippen LogP contribution in [0.15, 0.2) is 126 Å². The van der Waals surface area contributed by atoms with Crippen LogP contribution in [-0.4, -0.2) is 56.5 Å². The fourth-order valence-electron chi connectivity index (χ4n) is 8.77. The number of fused-ring (bicyclic) bond motifs is 3. The summed E-state index contributed by atoms with van der Waals surface area (Å²) in [7, 11) is -1.25. The van der Waals surface area contributed by atoms with Crippen molar-refractivity contribution < 1.29 is 23.9 Å². The minimum Gasteiger partial charge on any atom is -0.508 e. The van der Waals surface area contributed by atoms with Gasteiger partial charge in [0.1, 0.15) is 5.75 Å². The van der Waals surface area contributed by atoms with Gasteiger partial charge in [-0.1, -0.05) is 130 Å². The number of allylic oxidation sites excluding steroid dienone is 1. The summed E-state index contributed by atoms with van der Waals surface area (Å²) in [5.74, 6) is -0.944. The number of carbonyl (C=O) groups excluding carboxylic acids is 2. The lowest BCUT2D eigenvalue weighted by Crippen LogP contribution is -2.66. The number of nitrogens with zero attached hydrogens (tertiary/aromatic N) is 1. The maximum absolute atomic E-state index is 13.6. The largest absolute Gasteiger partial charge is 0.508 e. The van der Waals surface area contributed by atoms with Crippen molar-refractivity contribution in [2.24, 2.45) is 17.8 Å². The Hall–Kier alpha value is -4.56. The monoisotopic (exact) mass is 697 g/mol. The molecule has 0 spiro atoms. The Bertz CT molecular complexity index is 1910. The molecule has 3 aliphatic rings. The van der Waals surface area contributed by atoms with Gasteiger partial charge in [-0.3, -0.25) is 14.5 Å². The highest BCUT2D eigenvalue weighted by Crippen LogP contribution is 2.50. The molecule has 4 aromatic rings. The Morgan fingerprint density at radius 1 is 0.863 bits per heavy atom. The second-order valence-corrected chi connectivity index (χ2v) is 19.5. The molecule has 0 aromatic heterocycles. The molecule has 2 saturated heterocycles. The van der Waals surface area contributed by atoms with Gasteiger partial charge in [-0.25, -0.2) is 0 Å². The van der Waals surface area contributed by atoms with Crippen LogP contribution in [0, 0.1) is 17.8 Å². The van der Waals surface area contributed by atoms with Crippen molar-refractivity contribution in [1.29, 1.82) is 0 Å². The number of phenolic OH excluding ortho intramolecular Hbond substituents is 1. The average molecular weight is 698 g/mol. The molecule has 0 unspecified atom stereocenters. The fraction of sp³-hybridized carbons (Fsp3) is 0.318. The predicted octanol–water partition coefficient (Wildman–Crippen LogP) is 7.24. The number of hydrogen-bond donors (Lipinski definition) is 1. The van der Waals surface area contributed by atoms with Gasteiger partial charge in [-0.2, -0.15) is 0 Å². The van der Waals surface area contributed by atoms with Crippen molar-refractivity contribution in [2.45, 2.75) is 51.2 Å². The number of imide groups is 1. The molecule has 1 aliphatic carbocycles. The molecule has 2 heterocycles. The molecule has 2 fully saturated rings. The van der Waals surface area contributed by atoms with Crippen molar-refractivity contribution in [1.82, 2.24) is 4.90 Å². The Morgan fingerprint density at radius 2 is 1.49 bits per heavy atom. The molecular formula is C44H47NO5Si. The number of aromatic hydroxyl groups is 1. The van der Waals surface area contributed by atoms with Crippen molar-refractivity contribution in [2.75, 3.05) is 20.3 Å². The molecule has 2 aliphatic heterocycles. The van der Waals surface area contributed by atoms with E-state index in [0.29, 0.717) is 26.1 Å². The maximum atomic E-state index is 13.6. The van der Waals surface area contributed by atoms with E-state index in [9.17, 15) is 14.7 Å². The van der Waals surface area contributed by atoms with Crippen molar-refractivity contribution in [3.8, 4) is 5.75 Å². The van der Waals surface area contributed by atoms with Gasteiger partial charge >= 0.3 is 0 Å². The first kappa shape index (κ1) is 34.9. The third kappa shape index (κ3) is 6.55. The zero-order chi connectivity index (χ0) is 35.8. The summed E-state index contributed by atoms with van der Waals surface area (Å²) in [6, 6.07) is 38.8. The lowest BCUT2D eigenvalue weighted by Gasteiger charge is -2.44. The number of ether oxygens (including phenoxy) is 1. The summed E-state index contributed by atoms with van der Waals surface area (Å²) in [6.45, 7) is 7.61. The molecule has 4 atom stereocenters. The minimum atomic E-state index is -2.87. The molecule has 0 saturated carbocycles. The number of amides is 2. The van der Waals surface area contributed by atoms with Gasteiger partial charge in [0.15, 0.2) is 0 Å². The van der Waals surface area contributed by atoms with Crippen molar-refractivity contribution in [3.63, 3.8) is 0 Å². The topological polar surface area (TPSA) is 76.1 Å². The molecule has 7 heteroatoms. The van der Waals surface area contributed by atoms with E-state index in [2.05, 4.69) is 87.5 Å². The fourth-order valence-corrected chi connectivity index (χ4v) is 13.3. The zero-order valence-corrected chi connectivity index (χ0v) is 30.9. The number of carbonyl (C=O) groups is 2. The standard InChI is InChI=1S/C44H47NO5Si/c1-44(2,3)51(35-19-10-6-11-20-35,36-21-12-7-13-22-36)50-28-33-27-37-41(43(48)45(4)42(37)47)38-29-49-39(40(33)38)24-23-32(31-16-8-5-9-17-31)25-30-15-14-18-34(46)26-30/h5-22,25-26,37-39,41,46H,23-24,27-29H2,1-4H3/b32-25-/t37-,38+,39-,41-/m1/s1. The summed E-state index contributed by atoms with van der Waals surface area (Å²) in [6.07, 6.45) is 3.86. The van der Waals surface area contributed by atoms with Gasteiger partial charge in [0.2, 0.25) is 11.8 Å². The normalized spacial score (nSPS) is 22.4. The van der Waals surface area contributed by atoms with E-state index in [1.54, 1.807) is 19.2 Å². The first-order valence-corrected chi connectivity index (χ1v) is 19.9. The second-order valence-electron chi connectivity index (χ2n) is 15.2. The molecule has 2 amide bonds. The maximum Gasteiger partial charge on any atom is 0.261 e. The number of benzene rings is 4. The highest BCUT2D eigenvalue weighted by Gasteiger charge is 2.57. The van der Waals surface area contributed by atoms with E-state index in [1.165, 1.54) is 15.3 Å². The molecule has 0 bridgehead atoms. The first-order valence-electron chi connectivity index (χ1n) is 18.0. The molecule has 0 radical (unpaired) electrons. The number of phenols is 1. The molecule has 262 valence electrons. The van der Waals surface area contributed by atoms with Gasteiger partial charge in [-0.05, 0) is 74.7 Å². The Morgan fingerprint density at radius 3 is 2.10 bits per heavy atom. The van der Waals surface area contributed by atoms with Gasteiger partial charge < -0.3 is 14.3 Å². The van der Waals surface area contributed by atoms with Crippen LogP contribution in [0.3, 0.4) is 0 Å². The summed E-state index contributed by atoms with van der Waals surface area (Å²) < 4.78 is 14.1. The first-order chi connectivity index (χ1) is 24.6. The van der Waals surface area contributed by atoms with E-state index in [-0.39, 0.29) is 34.6 Å². The van der Waals surface area contributed by atoms with Crippen LogP contribution in [0.4, 0.5) is 0 Å². The molecular weight excluding hydrogens is 651 g/mol. The van der Waals surface area contributed by atoms with Crippen LogP contribution < -0.4 is 10.4 Å². The molecule has 4 aromatic carbocycles. The van der Waals surface area contributed by atoms with Crippen LogP contribution in [0.1, 0.15) is 51.2 Å². The number of hydrogen-bond acceptors (Lipinski definition) is 5. The third-order valence-corrected chi connectivity index (χ3v) is 16.1. The van der Waals surface area contributed by atoms with E-state index >= 15 is 0 Å². The van der Waals surface area contributed by atoms with Crippen LogP contribution in [0.25, 0.3) is 11.6 Å². The quantitative estimate of drug-likeness (QED) is 0.0819. The summed E-state index contributed by atoms with van der Waals surface area (Å²) >= 11 is 0. The predicted molar refractivity (Wildman–Crippen MR) is 205 cm³/mol. The number of rotatable bonds is 10. The minimum absolute atomic E-state index is 0.0996. The van der Waals surface area contributed by atoms with Gasteiger partial charge in [0.25, 0.3) is 8.32 Å². The second kappa shape index (κ2) is 14.2. The highest BCUT2D eigenvalue weighted by molar-refractivity contribution is 6.99. The third-order valence-electron chi connectivity index (χ3n) is 11.1. The van der Waals surface area contributed by atoms with Gasteiger partial charge in [0, 0.05) is 13.0 Å². The molecule has 6 nitrogen and oxygen atoms in total. The van der Waals surface area contributed by atoms with Gasteiger partial charge in [-0.15, -0.1) is 0 Å². The number of likely N-dealkylation sites (tertiary alicyclic amines) is 1. The average Bonchev–Trinajstić information content (AvgIpc) is 3.65.